The molecule has 3 heteroatoms. The molecule has 0 N–H and O–H groups in total. The van der Waals surface area contributed by atoms with Crippen molar-refractivity contribution in [3.05, 3.63) is 158 Å². The first-order valence-corrected chi connectivity index (χ1v) is 15.2. The third kappa shape index (κ3) is 4.45. The molecular weight excluding hydrogens is 548 g/mol. The molecule has 0 aliphatic carbocycles. The fourth-order valence-electron chi connectivity index (χ4n) is 6.38. The number of hydrogen-bond acceptors (Lipinski definition) is 3. The normalized spacial score (nSPS) is 11.7. The zero-order chi connectivity index (χ0) is 29.7. The van der Waals surface area contributed by atoms with Gasteiger partial charge in [0.2, 0.25) is 0 Å². The summed E-state index contributed by atoms with van der Waals surface area (Å²) in [4.78, 5) is 10.1. The van der Waals surface area contributed by atoms with Gasteiger partial charge < -0.3 is 4.74 Å². The Labute approximate surface area is 261 Å². The largest absolute Gasteiger partial charge is 0.456 e. The standard InChI is InChI=1S/C42H26N2O/c1-2-9-31(10-3-1)42-43-37(26-38(44-42)34-21-18-27-8-4-5-11-32(27)24-34)29-19-16-28(17-20-29)33-22-23-39-36(25-33)35-14-6-12-30-13-7-15-40(45-39)41(30)35/h1-26H. The van der Waals surface area contributed by atoms with Gasteiger partial charge in [0.1, 0.15) is 11.5 Å². The predicted octanol–water partition coefficient (Wildman–Crippen LogP) is 11.2. The van der Waals surface area contributed by atoms with Crippen molar-refractivity contribution in [1.82, 2.24) is 9.97 Å². The summed E-state index contributed by atoms with van der Waals surface area (Å²) < 4.78 is 6.32. The van der Waals surface area contributed by atoms with Crippen molar-refractivity contribution in [3.8, 4) is 67.7 Å². The minimum atomic E-state index is 0.712. The van der Waals surface area contributed by atoms with Crippen molar-refractivity contribution in [1.29, 1.82) is 0 Å². The first-order valence-electron chi connectivity index (χ1n) is 15.2. The van der Waals surface area contributed by atoms with Crippen LogP contribution in [0.1, 0.15) is 0 Å². The van der Waals surface area contributed by atoms with E-state index in [1.807, 2.05) is 30.3 Å². The Morgan fingerprint density at radius 2 is 1.02 bits per heavy atom. The van der Waals surface area contributed by atoms with Gasteiger partial charge in [-0.15, -0.1) is 0 Å². The highest BCUT2D eigenvalue weighted by Gasteiger charge is 2.20. The molecule has 1 aliphatic rings. The summed E-state index contributed by atoms with van der Waals surface area (Å²) in [7, 11) is 0. The Balaban J connectivity index is 1.12. The van der Waals surface area contributed by atoms with E-state index >= 15 is 0 Å². The Hall–Kier alpha value is -6.06. The molecule has 8 aromatic rings. The van der Waals surface area contributed by atoms with E-state index in [0.29, 0.717) is 5.82 Å². The summed E-state index contributed by atoms with van der Waals surface area (Å²) in [6, 6.07) is 55.0. The van der Waals surface area contributed by atoms with Crippen molar-refractivity contribution in [2.45, 2.75) is 0 Å². The quantitative estimate of drug-likeness (QED) is 0.210. The second-order valence-electron chi connectivity index (χ2n) is 11.4. The van der Waals surface area contributed by atoms with Crippen LogP contribution in [0.15, 0.2) is 158 Å². The topological polar surface area (TPSA) is 35.0 Å². The van der Waals surface area contributed by atoms with Crippen molar-refractivity contribution in [3.63, 3.8) is 0 Å². The lowest BCUT2D eigenvalue weighted by Crippen LogP contribution is -1.97. The van der Waals surface area contributed by atoms with Crippen molar-refractivity contribution in [2.75, 3.05) is 0 Å². The Kier molecular flexibility index (Phi) is 5.82. The number of fused-ring (bicyclic) bond motifs is 3. The van der Waals surface area contributed by atoms with E-state index in [0.717, 1.165) is 56.3 Å². The van der Waals surface area contributed by atoms with Crippen LogP contribution in [-0.2, 0) is 0 Å². The fourth-order valence-corrected chi connectivity index (χ4v) is 6.38. The van der Waals surface area contributed by atoms with Crippen molar-refractivity contribution in [2.24, 2.45) is 0 Å². The molecule has 0 bridgehead atoms. The molecule has 9 rings (SSSR count). The summed E-state index contributed by atoms with van der Waals surface area (Å²) in [6.07, 6.45) is 0. The molecule has 1 aliphatic heterocycles. The molecular formula is C42H26N2O. The van der Waals surface area contributed by atoms with Gasteiger partial charge in [0.15, 0.2) is 5.82 Å². The third-order valence-corrected chi connectivity index (χ3v) is 8.67. The lowest BCUT2D eigenvalue weighted by atomic mass is 9.92. The first kappa shape index (κ1) is 25.4. The van der Waals surface area contributed by atoms with Gasteiger partial charge in [-0.2, -0.15) is 0 Å². The van der Waals surface area contributed by atoms with E-state index in [4.69, 9.17) is 14.7 Å². The summed E-state index contributed by atoms with van der Waals surface area (Å²) in [5, 5.41) is 4.76. The SMILES string of the molecule is c1ccc(-c2nc(-c3ccc(-c4ccc5c(c4)-c4cccc6cccc(c46)O5)cc3)cc(-c3ccc4ccccc4c3)n2)cc1. The Bertz CT molecular complexity index is 2390. The second-order valence-corrected chi connectivity index (χ2v) is 11.4. The Morgan fingerprint density at radius 1 is 0.356 bits per heavy atom. The van der Waals surface area contributed by atoms with E-state index < -0.39 is 0 Å². The molecule has 45 heavy (non-hydrogen) atoms. The zero-order valence-corrected chi connectivity index (χ0v) is 24.3. The number of ether oxygens (including phenoxy) is 1. The molecule has 0 radical (unpaired) electrons. The van der Waals surface area contributed by atoms with E-state index in [9.17, 15) is 0 Å². The molecule has 0 amide bonds. The second kappa shape index (κ2) is 10.3. The number of hydrogen-bond donors (Lipinski definition) is 0. The molecule has 7 aromatic carbocycles. The highest BCUT2D eigenvalue weighted by Crippen LogP contribution is 2.47. The average molecular weight is 575 g/mol. The average Bonchev–Trinajstić information content (AvgIpc) is 3.12. The van der Waals surface area contributed by atoms with E-state index in [1.165, 1.54) is 27.1 Å². The van der Waals surface area contributed by atoms with Gasteiger partial charge in [-0.1, -0.05) is 127 Å². The van der Waals surface area contributed by atoms with Crippen LogP contribution in [-0.4, -0.2) is 9.97 Å². The van der Waals surface area contributed by atoms with E-state index in [-0.39, 0.29) is 0 Å². The van der Waals surface area contributed by atoms with Crippen LogP contribution in [0.3, 0.4) is 0 Å². The van der Waals surface area contributed by atoms with Crippen LogP contribution in [0.4, 0.5) is 0 Å². The molecule has 0 unspecified atom stereocenters. The molecule has 0 spiro atoms. The van der Waals surface area contributed by atoms with Crippen LogP contribution in [0.2, 0.25) is 0 Å². The number of aromatic nitrogens is 2. The van der Waals surface area contributed by atoms with Gasteiger partial charge in [-0.05, 0) is 63.2 Å². The van der Waals surface area contributed by atoms with Gasteiger partial charge in [0, 0.05) is 27.6 Å². The van der Waals surface area contributed by atoms with Gasteiger partial charge in [0.05, 0.1) is 11.4 Å². The summed E-state index contributed by atoms with van der Waals surface area (Å²) in [6.45, 7) is 0. The van der Waals surface area contributed by atoms with Gasteiger partial charge in [-0.25, -0.2) is 9.97 Å². The molecule has 0 fully saturated rings. The molecule has 0 saturated carbocycles. The van der Waals surface area contributed by atoms with E-state index in [1.54, 1.807) is 0 Å². The lowest BCUT2D eigenvalue weighted by Gasteiger charge is -2.22. The van der Waals surface area contributed by atoms with Crippen LogP contribution >= 0.6 is 0 Å². The van der Waals surface area contributed by atoms with Gasteiger partial charge in [0.25, 0.3) is 0 Å². The number of benzene rings is 7. The van der Waals surface area contributed by atoms with Crippen LogP contribution in [0.25, 0.3) is 77.7 Å². The maximum atomic E-state index is 6.32. The van der Waals surface area contributed by atoms with Crippen LogP contribution in [0.5, 0.6) is 11.5 Å². The molecule has 210 valence electrons. The van der Waals surface area contributed by atoms with Crippen LogP contribution in [0, 0.1) is 0 Å². The zero-order valence-electron chi connectivity index (χ0n) is 24.3. The number of rotatable bonds is 4. The third-order valence-electron chi connectivity index (χ3n) is 8.67. The predicted molar refractivity (Wildman–Crippen MR) is 184 cm³/mol. The summed E-state index contributed by atoms with van der Waals surface area (Å²) in [5.41, 5.74) is 9.50. The minimum Gasteiger partial charge on any atom is -0.456 e. The lowest BCUT2D eigenvalue weighted by molar-refractivity contribution is 0.487. The number of nitrogens with zero attached hydrogens (tertiary/aromatic N) is 2. The van der Waals surface area contributed by atoms with Gasteiger partial charge in [-0.3, -0.25) is 0 Å². The summed E-state index contributed by atoms with van der Waals surface area (Å²) in [5.74, 6) is 2.51. The first-order chi connectivity index (χ1) is 22.3. The summed E-state index contributed by atoms with van der Waals surface area (Å²) >= 11 is 0. The van der Waals surface area contributed by atoms with Crippen molar-refractivity contribution < 1.29 is 4.74 Å². The maximum Gasteiger partial charge on any atom is 0.160 e. The van der Waals surface area contributed by atoms with E-state index in [2.05, 4.69) is 127 Å². The molecule has 1 aromatic heterocycles. The molecule has 3 nitrogen and oxygen atoms in total. The van der Waals surface area contributed by atoms with Crippen LogP contribution < -0.4 is 4.74 Å². The van der Waals surface area contributed by atoms with Gasteiger partial charge >= 0.3 is 0 Å². The Morgan fingerprint density at radius 3 is 1.87 bits per heavy atom. The molecule has 0 saturated heterocycles. The highest BCUT2D eigenvalue weighted by molar-refractivity contribution is 6.04. The monoisotopic (exact) mass is 574 g/mol. The highest BCUT2D eigenvalue weighted by atomic mass is 16.5. The smallest absolute Gasteiger partial charge is 0.160 e. The van der Waals surface area contributed by atoms with Crippen molar-refractivity contribution >= 4 is 21.5 Å². The minimum absolute atomic E-state index is 0.712. The maximum absolute atomic E-state index is 6.32. The molecule has 2 heterocycles. The fraction of sp³-hybridized carbons (Fsp3) is 0. The molecule has 0 atom stereocenters.